The van der Waals surface area contributed by atoms with E-state index in [2.05, 4.69) is 24.8 Å². The van der Waals surface area contributed by atoms with E-state index in [1.165, 1.54) is 5.56 Å². The first kappa shape index (κ1) is 12.6. The van der Waals surface area contributed by atoms with Gasteiger partial charge in [0.05, 0.1) is 0 Å². The molecule has 2 aromatic rings. The molecule has 0 aliphatic carbocycles. The number of hydrogen-bond acceptors (Lipinski definition) is 1. The third-order valence-electron chi connectivity index (χ3n) is 1.47. The van der Waals surface area contributed by atoms with Crippen molar-refractivity contribution in [3.05, 3.63) is 60.2 Å². The van der Waals surface area contributed by atoms with E-state index < -0.39 is 0 Å². The fraction of sp³-hybridized carbons (Fsp3) is 0.0909. The van der Waals surface area contributed by atoms with Crippen LogP contribution in [0.25, 0.3) is 0 Å². The van der Waals surface area contributed by atoms with Crippen LogP contribution in [-0.2, 0) is 22.8 Å². The zero-order valence-corrected chi connectivity index (χ0v) is 9.20. The molecular formula is C11H12FeS. The van der Waals surface area contributed by atoms with E-state index in [0.29, 0.717) is 0 Å². The second kappa shape index (κ2) is 8.18. The van der Waals surface area contributed by atoms with E-state index in [1.807, 2.05) is 42.5 Å². The van der Waals surface area contributed by atoms with Gasteiger partial charge in [-0.25, -0.2) is 24.3 Å². The van der Waals surface area contributed by atoms with E-state index in [9.17, 15) is 0 Å². The predicted octanol–water partition coefficient (Wildman–Crippen LogP) is 3.24. The second-order valence-corrected chi connectivity index (χ2v) is 2.73. The molecule has 70 valence electrons. The van der Waals surface area contributed by atoms with Crippen molar-refractivity contribution in [3.8, 4) is 0 Å². The second-order valence-electron chi connectivity index (χ2n) is 2.41. The van der Waals surface area contributed by atoms with Crippen molar-refractivity contribution in [3.63, 3.8) is 0 Å². The van der Waals surface area contributed by atoms with Crippen LogP contribution in [0, 0.1) is 0 Å². The van der Waals surface area contributed by atoms with Crippen LogP contribution in [0.15, 0.2) is 54.6 Å². The first-order valence-electron chi connectivity index (χ1n) is 3.91. The molecule has 0 saturated carbocycles. The third kappa shape index (κ3) is 5.75. The maximum atomic E-state index is 4.08. The van der Waals surface area contributed by atoms with Crippen LogP contribution in [0.3, 0.4) is 0 Å². The quantitative estimate of drug-likeness (QED) is 0.435. The van der Waals surface area contributed by atoms with E-state index in [1.54, 1.807) is 0 Å². The summed E-state index contributed by atoms with van der Waals surface area (Å²) in [4.78, 5) is 0. The molecule has 0 saturated heterocycles. The summed E-state index contributed by atoms with van der Waals surface area (Å²) in [5.74, 6) is 0.854. The van der Waals surface area contributed by atoms with Gasteiger partial charge in [-0.05, 0) is 5.75 Å². The topological polar surface area (TPSA) is 0 Å². The SMILES string of the molecule is SC[c-]1cccc1.[Fe+2].c1cc[cH-]c1. The molecule has 0 radical (unpaired) electrons. The summed E-state index contributed by atoms with van der Waals surface area (Å²) in [7, 11) is 0. The molecular weight excluding hydrogens is 220 g/mol. The van der Waals surface area contributed by atoms with Crippen molar-refractivity contribution in [2.75, 3.05) is 0 Å². The Morgan fingerprint density at radius 2 is 1.54 bits per heavy atom. The molecule has 0 aromatic heterocycles. The standard InChI is InChI=1S/C6H7S.C5H5.Fe/c7-5-6-3-1-2-4-6;1-2-4-5-3-1;/h1-4,7H,5H2;1-5H;/q2*-1;+2. The van der Waals surface area contributed by atoms with Gasteiger partial charge in [-0.3, -0.25) is 0 Å². The molecule has 2 aromatic carbocycles. The van der Waals surface area contributed by atoms with Crippen LogP contribution in [0.5, 0.6) is 0 Å². The van der Waals surface area contributed by atoms with Crippen LogP contribution in [0.2, 0.25) is 0 Å². The van der Waals surface area contributed by atoms with Crippen molar-refractivity contribution >= 4 is 12.6 Å². The Labute approximate surface area is 95.6 Å². The fourth-order valence-corrected chi connectivity index (χ4v) is 1.05. The molecule has 0 heterocycles. The Bertz CT molecular complexity index is 241. The van der Waals surface area contributed by atoms with Gasteiger partial charge in [0.25, 0.3) is 0 Å². The Morgan fingerprint density at radius 1 is 1.00 bits per heavy atom. The van der Waals surface area contributed by atoms with Crippen LogP contribution in [0.4, 0.5) is 0 Å². The molecule has 0 fully saturated rings. The summed E-state index contributed by atoms with van der Waals surface area (Å²) in [5, 5.41) is 0. The third-order valence-corrected chi connectivity index (χ3v) is 1.83. The molecule has 0 atom stereocenters. The van der Waals surface area contributed by atoms with Gasteiger partial charge in [0, 0.05) is 0 Å². The molecule has 0 nitrogen and oxygen atoms in total. The zero-order valence-electron chi connectivity index (χ0n) is 7.20. The first-order valence-corrected chi connectivity index (χ1v) is 4.55. The zero-order chi connectivity index (χ0) is 8.65. The van der Waals surface area contributed by atoms with Crippen molar-refractivity contribution in [2.24, 2.45) is 0 Å². The Balaban J connectivity index is 0.000000215. The molecule has 0 unspecified atom stereocenters. The van der Waals surface area contributed by atoms with Crippen LogP contribution >= 0.6 is 12.6 Å². The van der Waals surface area contributed by atoms with Gasteiger partial charge in [0.2, 0.25) is 0 Å². The molecule has 2 heteroatoms. The average Bonchev–Trinajstić information content (AvgIpc) is 2.81. The summed E-state index contributed by atoms with van der Waals surface area (Å²) < 4.78 is 0. The largest absolute Gasteiger partial charge is 2.00 e. The minimum absolute atomic E-state index is 0. The molecule has 0 bridgehead atoms. The van der Waals surface area contributed by atoms with E-state index in [-0.39, 0.29) is 17.1 Å². The van der Waals surface area contributed by atoms with Gasteiger partial charge in [-0.1, -0.05) is 0 Å². The van der Waals surface area contributed by atoms with E-state index in [4.69, 9.17) is 0 Å². The van der Waals surface area contributed by atoms with Gasteiger partial charge >= 0.3 is 17.1 Å². The van der Waals surface area contributed by atoms with Crippen LogP contribution in [-0.4, -0.2) is 0 Å². The molecule has 13 heavy (non-hydrogen) atoms. The van der Waals surface area contributed by atoms with Crippen molar-refractivity contribution in [1.82, 2.24) is 0 Å². The summed E-state index contributed by atoms with van der Waals surface area (Å²) in [5.41, 5.74) is 1.29. The minimum atomic E-state index is 0. The Hall–Kier alpha value is -0.431. The van der Waals surface area contributed by atoms with Gasteiger partial charge < -0.3 is 0 Å². The van der Waals surface area contributed by atoms with E-state index in [0.717, 1.165) is 5.75 Å². The van der Waals surface area contributed by atoms with Gasteiger partial charge in [0.15, 0.2) is 0 Å². The summed E-state index contributed by atoms with van der Waals surface area (Å²) in [6, 6.07) is 18.2. The Kier molecular flexibility index (Phi) is 7.91. The summed E-state index contributed by atoms with van der Waals surface area (Å²) in [6.07, 6.45) is 0. The molecule has 0 amide bonds. The number of thiol groups is 1. The normalized spacial score (nSPS) is 8.08. The Morgan fingerprint density at radius 3 is 1.77 bits per heavy atom. The van der Waals surface area contributed by atoms with Crippen LogP contribution < -0.4 is 0 Å². The van der Waals surface area contributed by atoms with Crippen molar-refractivity contribution in [2.45, 2.75) is 5.75 Å². The number of rotatable bonds is 1. The summed E-state index contributed by atoms with van der Waals surface area (Å²) in [6.45, 7) is 0. The first-order chi connectivity index (χ1) is 5.93. The van der Waals surface area contributed by atoms with Crippen LogP contribution in [0.1, 0.15) is 5.56 Å². The molecule has 0 aliphatic heterocycles. The predicted molar refractivity (Wildman–Crippen MR) is 56.8 cm³/mol. The van der Waals surface area contributed by atoms with Gasteiger partial charge in [-0.2, -0.15) is 43.0 Å². The van der Waals surface area contributed by atoms with Gasteiger partial charge in [0.1, 0.15) is 0 Å². The summed E-state index contributed by atoms with van der Waals surface area (Å²) >= 11 is 4.08. The average molecular weight is 232 g/mol. The molecule has 2 rings (SSSR count). The molecule has 0 N–H and O–H groups in total. The fourth-order valence-electron chi connectivity index (χ4n) is 0.840. The smallest absolute Gasteiger partial charge is 0.214 e. The van der Waals surface area contributed by atoms with Crippen molar-refractivity contribution in [1.29, 1.82) is 0 Å². The molecule has 0 spiro atoms. The minimum Gasteiger partial charge on any atom is -0.214 e. The van der Waals surface area contributed by atoms with Gasteiger partial charge in [-0.15, -0.1) is 5.56 Å². The maximum absolute atomic E-state index is 4.08. The maximum Gasteiger partial charge on any atom is 2.00 e. The molecule has 0 aliphatic rings. The van der Waals surface area contributed by atoms with E-state index >= 15 is 0 Å². The number of hydrogen-bond donors (Lipinski definition) is 1. The monoisotopic (exact) mass is 232 g/mol. The van der Waals surface area contributed by atoms with Crippen molar-refractivity contribution < 1.29 is 17.1 Å².